The average molecular weight is 396 g/mol. The zero-order valence-corrected chi connectivity index (χ0v) is 17.3. The molecule has 0 radical (unpaired) electrons. The van der Waals surface area contributed by atoms with Crippen molar-refractivity contribution >= 4 is 29.4 Å². The number of nitrogens with zero attached hydrogens (tertiary/aromatic N) is 2. The van der Waals surface area contributed by atoms with E-state index in [2.05, 4.69) is 34.6 Å². The molecular formula is C22H28N4O3. The minimum absolute atomic E-state index is 0.411. The van der Waals surface area contributed by atoms with E-state index < -0.39 is 17.7 Å². The first-order valence-electron chi connectivity index (χ1n) is 9.61. The summed E-state index contributed by atoms with van der Waals surface area (Å²) in [5, 5.41) is 6.65. The summed E-state index contributed by atoms with van der Waals surface area (Å²) >= 11 is 0. The fraction of sp³-hybridized carbons (Fsp3) is 0.318. The molecule has 0 aliphatic heterocycles. The minimum atomic E-state index is -0.890. The van der Waals surface area contributed by atoms with E-state index in [4.69, 9.17) is 4.74 Å². The lowest BCUT2D eigenvalue weighted by atomic mass is 10.1. The molecule has 2 aromatic carbocycles. The van der Waals surface area contributed by atoms with Crippen LogP contribution >= 0.6 is 0 Å². The number of amides is 2. The van der Waals surface area contributed by atoms with Crippen LogP contribution in [0.5, 0.6) is 5.75 Å². The molecular weight excluding hydrogens is 368 g/mol. The third kappa shape index (κ3) is 6.34. The molecule has 0 bridgehead atoms. The Bertz CT molecular complexity index is 828. The van der Waals surface area contributed by atoms with E-state index >= 15 is 0 Å². The van der Waals surface area contributed by atoms with Crippen molar-refractivity contribution in [2.24, 2.45) is 11.0 Å². The molecule has 1 unspecified atom stereocenters. The van der Waals surface area contributed by atoms with Crippen molar-refractivity contribution in [3.05, 3.63) is 54.1 Å². The van der Waals surface area contributed by atoms with Crippen LogP contribution in [0.25, 0.3) is 0 Å². The number of hydrazone groups is 1. The molecule has 7 heteroatoms. The van der Waals surface area contributed by atoms with E-state index in [0.717, 1.165) is 24.3 Å². The summed E-state index contributed by atoms with van der Waals surface area (Å²) in [7, 11) is 1.57. The largest absolute Gasteiger partial charge is 0.497 e. The van der Waals surface area contributed by atoms with Crippen molar-refractivity contribution in [2.75, 3.05) is 30.4 Å². The van der Waals surface area contributed by atoms with Crippen LogP contribution in [0.1, 0.15) is 26.3 Å². The molecule has 2 aromatic rings. The van der Waals surface area contributed by atoms with Gasteiger partial charge >= 0.3 is 0 Å². The molecule has 0 spiro atoms. The Morgan fingerprint density at radius 1 is 1.03 bits per heavy atom. The van der Waals surface area contributed by atoms with Gasteiger partial charge in [-0.05, 0) is 62.7 Å². The van der Waals surface area contributed by atoms with Crippen molar-refractivity contribution in [1.82, 2.24) is 5.43 Å². The summed E-state index contributed by atoms with van der Waals surface area (Å²) in [6.07, 6.45) is 1.55. The van der Waals surface area contributed by atoms with Crippen molar-refractivity contribution in [1.29, 1.82) is 0 Å². The average Bonchev–Trinajstić information content (AvgIpc) is 2.75. The summed E-state index contributed by atoms with van der Waals surface area (Å²) in [5.74, 6) is -1.09. The molecule has 0 aromatic heterocycles. The van der Waals surface area contributed by atoms with Crippen LogP contribution in [0.15, 0.2) is 53.6 Å². The predicted molar refractivity (Wildman–Crippen MR) is 117 cm³/mol. The molecule has 2 N–H and O–H groups in total. The summed E-state index contributed by atoms with van der Waals surface area (Å²) in [5.41, 5.74) is 5.00. The number of ether oxygens (including phenoxy) is 1. The third-order valence-corrected chi connectivity index (χ3v) is 4.55. The van der Waals surface area contributed by atoms with Crippen LogP contribution in [0.4, 0.5) is 11.4 Å². The first-order valence-corrected chi connectivity index (χ1v) is 9.61. The summed E-state index contributed by atoms with van der Waals surface area (Å²) in [6.45, 7) is 7.64. The zero-order valence-electron chi connectivity index (χ0n) is 17.3. The van der Waals surface area contributed by atoms with Gasteiger partial charge < -0.3 is 15.0 Å². The maximum atomic E-state index is 12.2. The maximum Gasteiger partial charge on any atom is 0.252 e. The fourth-order valence-electron chi connectivity index (χ4n) is 2.67. The Morgan fingerprint density at radius 3 is 2.21 bits per heavy atom. The molecule has 0 saturated heterocycles. The maximum absolute atomic E-state index is 12.2. The third-order valence-electron chi connectivity index (χ3n) is 4.55. The van der Waals surface area contributed by atoms with Gasteiger partial charge in [0, 0.05) is 24.5 Å². The van der Waals surface area contributed by atoms with Crippen LogP contribution in [-0.4, -0.2) is 38.2 Å². The topological polar surface area (TPSA) is 83.0 Å². The molecule has 0 fully saturated rings. The second kappa shape index (κ2) is 10.8. The SMILES string of the molecule is CCN(CC)c1ccc(C=NNC(=O)C(C)C(=O)Nc2ccc(OC)cc2)cc1. The fourth-order valence-corrected chi connectivity index (χ4v) is 2.67. The predicted octanol–water partition coefficient (Wildman–Crippen LogP) is 3.27. The van der Waals surface area contributed by atoms with Gasteiger partial charge in [-0.2, -0.15) is 5.10 Å². The van der Waals surface area contributed by atoms with Gasteiger partial charge in [0.1, 0.15) is 11.7 Å². The number of methoxy groups -OCH3 is 1. The van der Waals surface area contributed by atoms with Crippen LogP contribution in [-0.2, 0) is 9.59 Å². The van der Waals surface area contributed by atoms with Crippen molar-refractivity contribution in [3.63, 3.8) is 0 Å². The molecule has 29 heavy (non-hydrogen) atoms. The highest BCUT2D eigenvalue weighted by atomic mass is 16.5. The number of anilines is 2. The lowest BCUT2D eigenvalue weighted by Gasteiger charge is -2.20. The van der Waals surface area contributed by atoms with E-state index in [9.17, 15) is 9.59 Å². The van der Waals surface area contributed by atoms with Gasteiger partial charge in [-0.1, -0.05) is 12.1 Å². The van der Waals surface area contributed by atoms with E-state index in [-0.39, 0.29) is 0 Å². The Labute approximate surface area is 171 Å². The van der Waals surface area contributed by atoms with E-state index in [1.54, 1.807) is 37.6 Å². The molecule has 154 valence electrons. The minimum Gasteiger partial charge on any atom is -0.497 e. The number of hydrogen-bond donors (Lipinski definition) is 2. The highest BCUT2D eigenvalue weighted by molar-refractivity contribution is 6.06. The lowest BCUT2D eigenvalue weighted by Crippen LogP contribution is -2.34. The number of rotatable bonds is 9. The van der Waals surface area contributed by atoms with Gasteiger partial charge in [0.05, 0.1) is 13.3 Å². The first-order chi connectivity index (χ1) is 14.0. The molecule has 2 amide bonds. The number of benzene rings is 2. The van der Waals surface area contributed by atoms with Crippen LogP contribution in [0, 0.1) is 5.92 Å². The first kappa shape index (κ1) is 21.9. The van der Waals surface area contributed by atoms with Gasteiger partial charge in [0.15, 0.2) is 0 Å². The smallest absolute Gasteiger partial charge is 0.252 e. The van der Waals surface area contributed by atoms with Crippen molar-refractivity contribution < 1.29 is 14.3 Å². The monoisotopic (exact) mass is 396 g/mol. The normalized spacial score (nSPS) is 11.7. The molecule has 0 aliphatic carbocycles. The quantitative estimate of drug-likeness (QED) is 0.387. The van der Waals surface area contributed by atoms with Crippen LogP contribution in [0.2, 0.25) is 0 Å². The highest BCUT2D eigenvalue weighted by Gasteiger charge is 2.21. The second-order valence-electron chi connectivity index (χ2n) is 6.44. The number of carbonyl (C=O) groups excluding carboxylic acids is 2. The van der Waals surface area contributed by atoms with Crippen molar-refractivity contribution in [2.45, 2.75) is 20.8 Å². The van der Waals surface area contributed by atoms with Crippen LogP contribution < -0.4 is 20.4 Å². The molecule has 7 nitrogen and oxygen atoms in total. The Hall–Kier alpha value is -3.35. The molecule has 2 rings (SSSR count). The Balaban J connectivity index is 1.87. The van der Waals surface area contributed by atoms with Gasteiger partial charge in [0.2, 0.25) is 5.91 Å². The molecule has 0 aliphatic rings. The Kier molecular flexibility index (Phi) is 8.21. The second-order valence-corrected chi connectivity index (χ2v) is 6.44. The Morgan fingerprint density at radius 2 is 1.66 bits per heavy atom. The van der Waals surface area contributed by atoms with Gasteiger partial charge in [-0.25, -0.2) is 5.43 Å². The number of hydrogen-bond acceptors (Lipinski definition) is 5. The number of carbonyl (C=O) groups is 2. The zero-order chi connectivity index (χ0) is 21.2. The van der Waals surface area contributed by atoms with E-state index in [1.807, 2.05) is 24.3 Å². The van der Waals surface area contributed by atoms with Gasteiger partial charge in [-0.3, -0.25) is 9.59 Å². The standard InChI is InChI=1S/C22H28N4O3/c1-5-26(6-2)19-11-7-17(8-12-19)15-23-25-22(28)16(3)21(27)24-18-9-13-20(29-4)14-10-18/h7-16H,5-6H2,1-4H3,(H,24,27)(H,25,28). The summed E-state index contributed by atoms with van der Waals surface area (Å²) in [4.78, 5) is 26.7. The van der Waals surface area contributed by atoms with Crippen molar-refractivity contribution in [3.8, 4) is 5.75 Å². The van der Waals surface area contributed by atoms with Gasteiger partial charge in [-0.15, -0.1) is 0 Å². The molecule has 1 atom stereocenters. The summed E-state index contributed by atoms with van der Waals surface area (Å²) < 4.78 is 5.08. The molecule has 0 heterocycles. The van der Waals surface area contributed by atoms with Gasteiger partial charge in [0.25, 0.3) is 5.91 Å². The van der Waals surface area contributed by atoms with E-state index in [0.29, 0.717) is 11.4 Å². The van der Waals surface area contributed by atoms with Crippen LogP contribution in [0.3, 0.4) is 0 Å². The summed E-state index contributed by atoms with van der Waals surface area (Å²) in [6, 6.07) is 14.8. The highest BCUT2D eigenvalue weighted by Crippen LogP contribution is 2.16. The molecule has 0 saturated carbocycles. The number of nitrogens with one attached hydrogen (secondary N) is 2. The van der Waals surface area contributed by atoms with E-state index in [1.165, 1.54) is 6.92 Å². The lowest BCUT2D eigenvalue weighted by molar-refractivity contribution is -0.131.